The monoisotopic (exact) mass is 231 g/mol. The highest BCUT2D eigenvalue weighted by atomic mass is 79.9. The van der Waals surface area contributed by atoms with E-state index in [1.165, 1.54) is 5.69 Å². The number of hydrogen-bond acceptors (Lipinski definition) is 2. The van der Waals surface area contributed by atoms with Crippen molar-refractivity contribution in [1.82, 2.24) is 9.78 Å². The lowest BCUT2D eigenvalue weighted by molar-refractivity contribution is 0.605. The van der Waals surface area contributed by atoms with E-state index in [0.29, 0.717) is 5.92 Å². The van der Waals surface area contributed by atoms with E-state index in [1.807, 2.05) is 17.9 Å². The second-order valence-electron chi connectivity index (χ2n) is 2.98. The summed E-state index contributed by atoms with van der Waals surface area (Å²) in [6.45, 7) is 2.88. The minimum absolute atomic E-state index is 0.469. The molecule has 2 N–H and O–H groups in total. The van der Waals surface area contributed by atoms with Gasteiger partial charge in [0.25, 0.3) is 0 Å². The first-order valence-corrected chi connectivity index (χ1v) is 4.83. The molecule has 0 bridgehead atoms. The number of nitrogens with two attached hydrogens (primary N) is 1. The van der Waals surface area contributed by atoms with Crippen molar-refractivity contribution in [2.45, 2.75) is 19.3 Å². The first-order valence-electron chi connectivity index (χ1n) is 4.04. The largest absolute Gasteiger partial charge is 0.330 e. The molecule has 1 heterocycles. The van der Waals surface area contributed by atoms with Crippen LogP contribution in [0.3, 0.4) is 0 Å². The minimum Gasteiger partial charge on any atom is -0.330 e. The molecular weight excluding hydrogens is 218 g/mol. The average Bonchev–Trinajstić information content (AvgIpc) is 2.32. The van der Waals surface area contributed by atoms with Crippen molar-refractivity contribution in [1.29, 1.82) is 0 Å². The second-order valence-corrected chi connectivity index (χ2v) is 3.83. The van der Waals surface area contributed by atoms with Gasteiger partial charge in [-0.3, -0.25) is 4.68 Å². The summed E-state index contributed by atoms with van der Waals surface area (Å²) in [5.74, 6) is 0.469. The van der Waals surface area contributed by atoms with Crippen LogP contribution in [-0.2, 0) is 7.05 Å². The van der Waals surface area contributed by atoms with Gasteiger partial charge < -0.3 is 5.73 Å². The molecule has 0 aliphatic carbocycles. The molecule has 0 saturated heterocycles. The summed E-state index contributed by atoms with van der Waals surface area (Å²) in [5.41, 5.74) is 6.71. The molecule has 0 aliphatic heterocycles. The Hall–Kier alpha value is -0.350. The van der Waals surface area contributed by atoms with E-state index >= 15 is 0 Å². The second kappa shape index (κ2) is 4.05. The van der Waals surface area contributed by atoms with E-state index in [4.69, 9.17) is 5.73 Å². The fourth-order valence-corrected chi connectivity index (χ4v) is 2.10. The summed E-state index contributed by atoms with van der Waals surface area (Å²) in [6, 6.07) is 0. The molecular formula is C8H14BrN3. The molecule has 3 nitrogen and oxygen atoms in total. The zero-order valence-electron chi connectivity index (χ0n) is 7.42. The summed E-state index contributed by atoms with van der Waals surface area (Å²) in [5, 5.41) is 4.15. The molecule has 12 heavy (non-hydrogen) atoms. The van der Waals surface area contributed by atoms with Crippen LogP contribution in [0.1, 0.15) is 25.0 Å². The van der Waals surface area contributed by atoms with Crippen molar-refractivity contribution in [3.8, 4) is 0 Å². The van der Waals surface area contributed by atoms with E-state index in [9.17, 15) is 0 Å². The van der Waals surface area contributed by atoms with Gasteiger partial charge in [-0.15, -0.1) is 0 Å². The Morgan fingerprint density at radius 2 is 2.42 bits per heavy atom. The van der Waals surface area contributed by atoms with Crippen molar-refractivity contribution in [2.24, 2.45) is 12.8 Å². The Morgan fingerprint density at radius 1 is 1.75 bits per heavy atom. The van der Waals surface area contributed by atoms with Crippen LogP contribution in [0, 0.1) is 0 Å². The molecule has 0 radical (unpaired) electrons. The molecule has 1 aromatic rings. The Balaban J connectivity index is 2.85. The van der Waals surface area contributed by atoms with Crippen LogP contribution in [0.25, 0.3) is 0 Å². The molecule has 1 unspecified atom stereocenters. The molecule has 68 valence electrons. The third-order valence-electron chi connectivity index (χ3n) is 2.00. The highest BCUT2D eigenvalue weighted by Gasteiger charge is 2.12. The Kier molecular flexibility index (Phi) is 3.29. The number of aryl methyl sites for hydroxylation is 1. The lowest BCUT2D eigenvalue weighted by Crippen LogP contribution is -2.08. The molecule has 0 fully saturated rings. The van der Waals surface area contributed by atoms with Gasteiger partial charge >= 0.3 is 0 Å². The van der Waals surface area contributed by atoms with Gasteiger partial charge in [0, 0.05) is 13.0 Å². The molecule has 4 heteroatoms. The maximum absolute atomic E-state index is 5.49. The van der Waals surface area contributed by atoms with E-state index in [0.717, 1.165) is 17.4 Å². The SMILES string of the molecule is CC(CCN)c1c(Br)cnn1C. The highest BCUT2D eigenvalue weighted by Crippen LogP contribution is 2.25. The third kappa shape index (κ3) is 1.87. The van der Waals surface area contributed by atoms with Crippen LogP contribution in [0.2, 0.25) is 0 Å². The van der Waals surface area contributed by atoms with Gasteiger partial charge in [-0.05, 0) is 28.9 Å². The molecule has 1 atom stereocenters. The first-order chi connectivity index (χ1) is 5.66. The molecule has 0 aliphatic rings. The summed E-state index contributed by atoms with van der Waals surface area (Å²) < 4.78 is 2.97. The third-order valence-corrected chi connectivity index (χ3v) is 2.62. The van der Waals surface area contributed by atoms with Crippen LogP contribution >= 0.6 is 15.9 Å². The normalized spacial score (nSPS) is 13.3. The zero-order chi connectivity index (χ0) is 9.14. The summed E-state index contributed by atoms with van der Waals surface area (Å²) in [4.78, 5) is 0. The minimum atomic E-state index is 0.469. The summed E-state index contributed by atoms with van der Waals surface area (Å²) in [6.07, 6.45) is 2.82. The predicted molar refractivity (Wildman–Crippen MR) is 53.0 cm³/mol. The Morgan fingerprint density at radius 3 is 2.83 bits per heavy atom. The summed E-state index contributed by atoms with van der Waals surface area (Å²) in [7, 11) is 1.95. The van der Waals surface area contributed by atoms with Crippen LogP contribution in [0.15, 0.2) is 10.7 Å². The highest BCUT2D eigenvalue weighted by molar-refractivity contribution is 9.10. The van der Waals surface area contributed by atoms with Gasteiger partial charge in [0.2, 0.25) is 0 Å². The topological polar surface area (TPSA) is 43.8 Å². The Labute approximate surface area is 81.1 Å². The lowest BCUT2D eigenvalue weighted by Gasteiger charge is -2.10. The smallest absolute Gasteiger partial charge is 0.0635 e. The predicted octanol–water partition coefficient (Wildman–Crippen LogP) is 1.63. The van der Waals surface area contributed by atoms with Gasteiger partial charge in [0.15, 0.2) is 0 Å². The molecule has 0 aromatic carbocycles. The van der Waals surface area contributed by atoms with Crippen molar-refractivity contribution < 1.29 is 0 Å². The lowest BCUT2D eigenvalue weighted by atomic mass is 10.0. The number of rotatable bonds is 3. The zero-order valence-corrected chi connectivity index (χ0v) is 9.00. The maximum Gasteiger partial charge on any atom is 0.0635 e. The van der Waals surface area contributed by atoms with Gasteiger partial charge in [-0.2, -0.15) is 5.10 Å². The fraction of sp³-hybridized carbons (Fsp3) is 0.625. The van der Waals surface area contributed by atoms with Crippen molar-refractivity contribution in [2.75, 3.05) is 6.54 Å². The number of halogens is 1. The van der Waals surface area contributed by atoms with Crippen LogP contribution in [0.4, 0.5) is 0 Å². The van der Waals surface area contributed by atoms with Crippen molar-refractivity contribution >= 4 is 15.9 Å². The molecule has 1 rings (SSSR count). The molecule has 1 aromatic heterocycles. The Bertz CT molecular complexity index is 237. The molecule has 0 spiro atoms. The van der Waals surface area contributed by atoms with E-state index in [1.54, 1.807) is 0 Å². The van der Waals surface area contributed by atoms with Crippen LogP contribution in [-0.4, -0.2) is 16.3 Å². The van der Waals surface area contributed by atoms with E-state index < -0.39 is 0 Å². The quantitative estimate of drug-likeness (QED) is 0.860. The van der Waals surface area contributed by atoms with Gasteiger partial charge in [-0.1, -0.05) is 6.92 Å². The average molecular weight is 232 g/mol. The van der Waals surface area contributed by atoms with Gasteiger partial charge in [0.05, 0.1) is 16.4 Å². The van der Waals surface area contributed by atoms with Crippen LogP contribution < -0.4 is 5.73 Å². The van der Waals surface area contributed by atoms with Crippen LogP contribution in [0.5, 0.6) is 0 Å². The maximum atomic E-state index is 5.49. The molecule has 0 saturated carbocycles. The van der Waals surface area contributed by atoms with E-state index in [-0.39, 0.29) is 0 Å². The first kappa shape index (κ1) is 9.74. The standard InChI is InChI=1S/C8H14BrN3/c1-6(3-4-10)8-7(9)5-11-12(8)2/h5-6H,3-4,10H2,1-2H3. The van der Waals surface area contributed by atoms with Crippen molar-refractivity contribution in [3.63, 3.8) is 0 Å². The fourth-order valence-electron chi connectivity index (χ4n) is 1.36. The van der Waals surface area contributed by atoms with Crippen molar-refractivity contribution in [3.05, 3.63) is 16.4 Å². The van der Waals surface area contributed by atoms with E-state index in [2.05, 4.69) is 28.0 Å². The van der Waals surface area contributed by atoms with Gasteiger partial charge in [-0.25, -0.2) is 0 Å². The number of nitrogens with zero attached hydrogens (tertiary/aromatic N) is 2. The van der Waals surface area contributed by atoms with Gasteiger partial charge in [0.1, 0.15) is 0 Å². The molecule has 0 amide bonds. The number of hydrogen-bond donors (Lipinski definition) is 1. The summed E-state index contributed by atoms with van der Waals surface area (Å²) >= 11 is 3.46. The number of aromatic nitrogens is 2.